The lowest BCUT2D eigenvalue weighted by atomic mass is 10.2. The van der Waals surface area contributed by atoms with Gasteiger partial charge in [-0.05, 0) is 30.7 Å². The van der Waals surface area contributed by atoms with Crippen LogP contribution in [0, 0.1) is 6.92 Å². The maximum Gasteiger partial charge on any atom is 0.202 e. The molecule has 16 heavy (non-hydrogen) atoms. The van der Waals surface area contributed by atoms with E-state index in [2.05, 4.69) is 14.5 Å². The number of thioether (sulfide) groups is 1. The summed E-state index contributed by atoms with van der Waals surface area (Å²) in [7, 11) is 0. The van der Waals surface area contributed by atoms with Gasteiger partial charge in [0.2, 0.25) is 5.95 Å². The van der Waals surface area contributed by atoms with Crippen LogP contribution in [0.15, 0.2) is 12.3 Å². The molecule has 4 nitrogen and oxygen atoms in total. The number of hydrogen-bond acceptors (Lipinski definition) is 4. The van der Waals surface area contributed by atoms with Gasteiger partial charge in [0, 0.05) is 18.0 Å². The lowest BCUT2D eigenvalue weighted by Gasteiger charge is -2.12. The second kappa shape index (κ2) is 3.66. The maximum atomic E-state index is 6.00. The Hall–Kier alpha value is -1.23. The van der Waals surface area contributed by atoms with Crippen LogP contribution in [-0.4, -0.2) is 26.0 Å². The Labute approximate surface area is 98.3 Å². The molecule has 1 aliphatic rings. The summed E-state index contributed by atoms with van der Waals surface area (Å²) in [6.07, 6.45) is 2.99. The number of aromatic nitrogens is 3. The fraction of sp³-hybridized carbons (Fsp3) is 0.455. The Bertz CT molecular complexity index is 528. The molecule has 0 radical (unpaired) electrons. The first-order valence-corrected chi connectivity index (χ1v) is 6.59. The van der Waals surface area contributed by atoms with Crippen molar-refractivity contribution in [3.63, 3.8) is 0 Å². The van der Waals surface area contributed by atoms with E-state index in [1.54, 1.807) is 0 Å². The third kappa shape index (κ3) is 1.38. The predicted molar refractivity (Wildman–Crippen MR) is 67.7 cm³/mol. The van der Waals surface area contributed by atoms with Crippen molar-refractivity contribution in [1.82, 2.24) is 14.5 Å². The summed E-state index contributed by atoms with van der Waals surface area (Å²) < 4.78 is 2.10. The van der Waals surface area contributed by atoms with Crippen LogP contribution < -0.4 is 5.73 Å². The predicted octanol–water partition coefficient (Wildman–Crippen LogP) is 2.00. The van der Waals surface area contributed by atoms with Gasteiger partial charge in [-0.3, -0.25) is 4.57 Å². The van der Waals surface area contributed by atoms with Crippen molar-refractivity contribution < 1.29 is 0 Å². The van der Waals surface area contributed by atoms with Gasteiger partial charge in [0.25, 0.3) is 0 Å². The van der Waals surface area contributed by atoms with E-state index >= 15 is 0 Å². The van der Waals surface area contributed by atoms with Crippen LogP contribution in [0.4, 0.5) is 5.95 Å². The zero-order chi connectivity index (χ0) is 11.1. The van der Waals surface area contributed by atoms with Crippen molar-refractivity contribution in [2.45, 2.75) is 19.4 Å². The smallest absolute Gasteiger partial charge is 0.202 e. The zero-order valence-corrected chi connectivity index (χ0v) is 10.00. The molecule has 1 unspecified atom stereocenters. The minimum Gasteiger partial charge on any atom is -0.369 e. The SMILES string of the molecule is Cc1ccnc2c1nc(N)n2C1CCSC1. The minimum atomic E-state index is 0.462. The quantitative estimate of drug-likeness (QED) is 0.820. The first kappa shape index (κ1) is 9.96. The molecule has 0 amide bonds. The summed E-state index contributed by atoms with van der Waals surface area (Å²) in [5, 5.41) is 0. The summed E-state index contributed by atoms with van der Waals surface area (Å²) >= 11 is 1.97. The van der Waals surface area contributed by atoms with E-state index in [4.69, 9.17) is 5.73 Å². The van der Waals surface area contributed by atoms with E-state index in [0.29, 0.717) is 12.0 Å². The molecule has 0 aliphatic carbocycles. The van der Waals surface area contributed by atoms with E-state index in [-0.39, 0.29) is 0 Å². The molecule has 0 saturated carbocycles. The average molecular weight is 234 g/mol. The van der Waals surface area contributed by atoms with Crippen LogP contribution in [0.1, 0.15) is 18.0 Å². The Morgan fingerprint density at radius 2 is 2.44 bits per heavy atom. The second-order valence-corrected chi connectivity index (χ2v) is 5.31. The standard InChI is InChI=1S/C11H14N4S/c1-7-2-4-13-10-9(7)14-11(12)15(10)8-3-5-16-6-8/h2,4,8H,3,5-6H2,1H3,(H2,12,14). The molecule has 1 fully saturated rings. The van der Waals surface area contributed by atoms with Crippen LogP contribution in [0.3, 0.4) is 0 Å². The van der Waals surface area contributed by atoms with E-state index in [1.807, 2.05) is 30.9 Å². The highest BCUT2D eigenvalue weighted by Crippen LogP contribution is 2.32. The molecule has 0 bridgehead atoms. The highest BCUT2D eigenvalue weighted by Gasteiger charge is 2.22. The van der Waals surface area contributed by atoms with Gasteiger partial charge in [0.15, 0.2) is 5.65 Å². The topological polar surface area (TPSA) is 56.7 Å². The highest BCUT2D eigenvalue weighted by molar-refractivity contribution is 7.99. The van der Waals surface area contributed by atoms with Crippen molar-refractivity contribution in [3.05, 3.63) is 17.8 Å². The summed E-state index contributed by atoms with van der Waals surface area (Å²) in [5.41, 5.74) is 9.02. The summed E-state index contributed by atoms with van der Waals surface area (Å²) in [5.74, 6) is 2.92. The van der Waals surface area contributed by atoms with Crippen molar-refractivity contribution in [2.24, 2.45) is 0 Å². The van der Waals surface area contributed by atoms with Gasteiger partial charge in [-0.1, -0.05) is 0 Å². The summed E-state index contributed by atoms with van der Waals surface area (Å²) in [4.78, 5) is 8.84. The van der Waals surface area contributed by atoms with Gasteiger partial charge in [-0.2, -0.15) is 11.8 Å². The Kier molecular flexibility index (Phi) is 2.28. The molecule has 0 aromatic carbocycles. The monoisotopic (exact) mass is 234 g/mol. The first-order valence-electron chi connectivity index (χ1n) is 5.44. The molecular weight excluding hydrogens is 220 g/mol. The van der Waals surface area contributed by atoms with Gasteiger partial charge in [-0.15, -0.1) is 0 Å². The number of rotatable bonds is 1. The lowest BCUT2D eigenvalue weighted by Crippen LogP contribution is -2.11. The van der Waals surface area contributed by atoms with Crippen molar-refractivity contribution in [3.8, 4) is 0 Å². The first-order chi connectivity index (χ1) is 7.77. The number of pyridine rings is 1. The van der Waals surface area contributed by atoms with Gasteiger partial charge in [-0.25, -0.2) is 9.97 Å². The van der Waals surface area contributed by atoms with Crippen LogP contribution in [0.5, 0.6) is 0 Å². The molecule has 5 heteroatoms. The number of fused-ring (bicyclic) bond motifs is 1. The molecule has 2 aromatic heterocycles. The number of aryl methyl sites for hydroxylation is 1. The van der Waals surface area contributed by atoms with E-state index in [1.165, 1.54) is 5.75 Å². The van der Waals surface area contributed by atoms with Crippen LogP contribution in [-0.2, 0) is 0 Å². The number of hydrogen-bond donors (Lipinski definition) is 1. The Balaban J connectivity index is 2.22. The summed E-state index contributed by atoms with van der Waals surface area (Å²) in [6, 6.07) is 2.44. The molecular formula is C11H14N4S. The number of anilines is 1. The van der Waals surface area contributed by atoms with E-state index in [0.717, 1.165) is 28.9 Å². The van der Waals surface area contributed by atoms with Crippen molar-refractivity contribution in [2.75, 3.05) is 17.2 Å². The molecule has 2 N–H and O–H groups in total. The molecule has 84 valence electrons. The highest BCUT2D eigenvalue weighted by atomic mass is 32.2. The van der Waals surface area contributed by atoms with Gasteiger partial charge in [0.05, 0.1) is 0 Å². The average Bonchev–Trinajstić information content (AvgIpc) is 2.85. The molecule has 0 spiro atoms. The number of imidazole rings is 1. The van der Waals surface area contributed by atoms with E-state index in [9.17, 15) is 0 Å². The molecule has 1 aliphatic heterocycles. The fourth-order valence-electron chi connectivity index (χ4n) is 2.21. The number of nitrogens with zero attached hydrogens (tertiary/aromatic N) is 3. The number of nitrogens with two attached hydrogens (primary N) is 1. The molecule has 2 aromatic rings. The fourth-order valence-corrected chi connectivity index (χ4v) is 3.41. The van der Waals surface area contributed by atoms with Crippen LogP contribution >= 0.6 is 11.8 Å². The largest absolute Gasteiger partial charge is 0.369 e. The third-order valence-corrected chi connectivity index (χ3v) is 4.22. The van der Waals surface area contributed by atoms with Gasteiger partial charge < -0.3 is 5.73 Å². The Morgan fingerprint density at radius 3 is 3.19 bits per heavy atom. The van der Waals surface area contributed by atoms with Crippen LogP contribution in [0.25, 0.3) is 11.2 Å². The van der Waals surface area contributed by atoms with Crippen molar-refractivity contribution >= 4 is 28.9 Å². The summed E-state index contributed by atoms with van der Waals surface area (Å²) in [6.45, 7) is 2.05. The minimum absolute atomic E-state index is 0.462. The van der Waals surface area contributed by atoms with E-state index < -0.39 is 0 Å². The zero-order valence-electron chi connectivity index (χ0n) is 9.18. The van der Waals surface area contributed by atoms with Crippen molar-refractivity contribution in [1.29, 1.82) is 0 Å². The van der Waals surface area contributed by atoms with Gasteiger partial charge >= 0.3 is 0 Å². The van der Waals surface area contributed by atoms with Crippen LogP contribution in [0.2, 0.25) is 0 Å². The third-order valence-electron chi connectivity index (χ3n) is 3.08. The van der Waals surface area contributed by atoms with Gasteiger partial charge in [0.1, 0.15) is 5.52 Å². The maximum absolute atomic E-state index is 6.00. The normalized spacial score (nSPS) is 20.7. The molecule has 3 heterocycles. The molecule has 3 rings (SSSR count). The molecule has 1 saturated heterocycles. The second-order valence-electron chi connectivity index (χ2n) is 4.16. The lowest BCUT2D eigenvalue weighted by molar-refractivity contribution is 0.579. The Morgan fingerprint density at radius 1 is 1.56 bits per heavy atom. The molecule has 1 atom stereocenters. The number of nitrogen functional groups attached to an aromatic ring is 1.